The van der Waals surface area contributed by atoms with Crippen molar-refractivity contribution < 1.29 is 23.9 Å². The van der Waals surface area contributed by atoms with Gasteiger partial charge in [0.05, 0.1) is 13.2 Å². The van der Waals surface area contributed by atoms with Gasteiger partial charge in [-0.25, -0.2) is 4.79 Å². The van der Waals surface area contributed by atoms with Gasteiger partial charge in [0, 0.05) is 25.2 Å². The van der Waals surface area contributed by atoms with E-state index < -0.39 is 23.6 Å². The first kappa shape index (κ1) is 13.9. The summed E-state index contributed by atoms with van der Waals surface area (Å²) in [5.74, 6) is -1.62. The van der Waals surface area contributed by atoms with Crippen LogP contribution >= 0.6 is 0 Å². The highest BCUT2D eigenvalue weighted by Crippen LogP contribution is 2.46. The monoisotopic (exact) mass is 288 g/mol. The topological polar surface area (TPSA) is 69.7 Å². The van der Waals surface area contributed by atoms with Crippen LogP contribution in [0.3, 0.4) is 0 Å². The third kappa shape index (κ3) is 2.08. The Balaban J connectivity index is 2.14. The molecular formula is C16H16O5. The van der Waals surface area contributed by atoms with Crippen LogP contribution in [0, 0.1) is 0 Å². The van der Waals surface area contributed by atoms with E-state index in [-0.39, 0.29) is 30.8 Å². The third-order valence-corrected chi connectivity index (χ3v) is 4.25. The van der Waals surface area contributed by atoms with Gasteiger partial charge in [0.1, 0.15) is 5.78 Å². The molecule has 2 bridgehead atoms. The van der Waals surface area contributed by atoms with Crippen molar-refractivity contribution in [2.24, 2.45) is 0 Å². The first-order chi connectivity index (χ1) is 10.1. The molecule has 110 valence electrons. The van der Waals surface area contributed by atoms with Gasteiger partial charge in [0.25, 0.3) is 0 Å². The lowest BCUT2D eigenvalue weighted by atomic mass is 9.75. The number of fused-ring (bicyclic) bond motifs is 2. The van der Waals surface area contributed by atoms with E-state index in [9.17, 15) is 14.4 Å². The molecule has 0 aromatic heterocycles. The molecule has 3 rings (SSSR count). The second-order valence-electron chi connectivity index (χ2n) is 5.50. The quantitative estimate of drug-likeness (QED) is 0.608. The molecule has 21 heavy (non-hydrogen) atoms. The van der Waals surface area contributed by atoms with E-state index in [1.54, 1.807) is 12.1 Å². The molecule has 2 heterocycles. The lowest BCUT2D eigenvalue weighted by Crippen LogP contribution is -2.50. The van der Waals surface area contributed by atoms with Crippen LogP contribution in [0.25, 0.3) is 0 Å². The molecular weight excluding hydrogens is 272 g/mol. The Kier molecular flexibility index (Phi) is 3.37. The van der Waals surface area contributed by atoms with Gasteiger partial charge in [-0.3, -0.25) is 9.59 Å². The lowest BCUT2D eigenvalue weighted by Gasteiger charge is -2.31. The van der Waals surface area contributed by atoms with Crippen molar-refractivity contribution in [2.45, 2.75) is 36.9 Å². The van der Waals surface area contributed by atoms with Crippen molar-refractivity contribution in [2.75, 3.05) is 7.11 Å². The Labute approximate surface area is 122 Å². The van der Waals surface area contributed by atoms with Crippen LogP contribution in [0.5, 0.6) is 0 Å². The molecule has 5 nitrogen and oxygen atoms in total. The summed E-state index contributed by atoms with van der Waals surface area (Å²) >= 11 is 0. The predicted molar refractivity (Wildman–Crippen MR) is 72.7 cm³/mol. The number of carbonyl (C=O) groups excluding carboxylic acids is 3. The molecule has 3 atom stereocenters. The Morgan fingerprint density at radius 2 is 1.90 bits per heavy atom. The van der Waals surface area contributed by atoms with Crippen LogP contribution in [0.1, 0.15) is 30.7 Å². The third-order valence-electron chi connectivity index (χ3n) is 4.25. The Hall–Kier alpha value is -2.01. The zero-order chi connectivity index (χ0) is 15.0. The number of carbonyl (C=O) groups is 3. The number of hydrogen-bond acceptors (Lipinski definition) is 5. The molecule has 0 radical (unpaired) electrons. The van der Waals surface area contributed by atoms with Crippen molar-refractivity contribution >= 4 is 17.5 Å². The van der Waals surface area contributed by atoms with Gasteiger partial charge < -0.3 is 9.47 Å². The number of esters is 1. The lowest BCUT2D eigenvalue weighted by molar-refractivity contribution is -0.173. The zero-order valence-electron chi connectivity index (χ0n) is 11.7. The maximum Gasteiger partial charge on any atom is 0.346 e. The zero-order valence-corrected chi connectivity index (χ0v) is 11.7. The van der Waals surface area contributed by atoms with Crippen LogP contribution < -0.4 is 0 Å². The van der Waals surface area contributed by atoms with E-state index in [0.717, 1.165) is 5.56 Å². The van der Waals surface area contributed by atoms with Crippen molar-refractivity contribution in [1.29, 1.82) is 0 Å². The number of methoxy groups -OCH3 is 1. The summed E-state index contributed by atoms with van der Waals surface area (Å²) in [6.07, 6.45) is -0.142. The summed E-state index contributed by atoms with van der Waals surface area (Å²) in [7, 11) is 1.23. The summed E-state index contributed by atoms with van der Waals surface area (Å²) in [5.41, 5.74) is -0.931. The molecule has 0 amide bonds. The molecule has 2 fully saturated rings. The van der Waals surface area contributed by atoms with E-state index in [2.05, 4.69) is 0 Å². The molecule has 2 aliphatic rings. The predicted octanol–water partition coefficient (Wildman–Crippen LogP) is 1.40. The summed E-state index contributed by atoms with van der Waals surface area (Å²) in [6.45, 7) is 0. The molecule has 0 aliphatic carbocycles. The van der Waals surface area contributed by atoms with Gasteiger partial charge in [-0.1, -0.05) is 30.3 Å². The van der Waals surface area contributed by atoms with Gasteiger partial charge in [0.15, 0.2) is 5.78 Å². The number of Topliss-reactive ketones (excluding diaryl/α,β-unsaturated/α-hetero) is 2. The van der Waals surface area contributed by atoms with Gasteiger partial charge >= 0.3 is 5.97 Å². The minimum Gasteiger partial charge on any atom is -0.467 e. The smallest absolute Gasteiger partial charge is 0.346 e. The molecule has 2 aliphatic heterocycles. The number of ketones is 2. The average Bonchev–Trinajstić information content (AvgIpc) is 2.72. The van der Waals surface area contributed by atoms with Gasteiger partial charge in [0.2, 0.25) is 5.60 Å². The summed E-state index contributed by atoms with van der Waals surface area (Å²) in [4.78, 5) is 36.9. The van der Waals surface area contributed by atoms with E-state index in [1.165, 1.54) is 7.11 Å². The van der Waals surface area contributed by atoms with Crippen molar-refractivity contribution in [3.05, 3.63) is 35.9 Å². The standard InChI is InChI=1S/C16H16O5/c1-20-15(19)16-13(10-5-3-2-4-6-10)8-11(17)7-12(21-16)9-14(16)18/h2-6,12-13H,7-9H2,1H3/t12-,13+,16+/m1/s1. The Bertz CT molecular complexity index is 584. The Morgan fingerprint density at radius 3 is 2.57 bits per heavy atom. The second kappa shape index (κ2) is 5.07. The van der Waals surface area contributed by atoms with Gasteiger partial charge in [-0.05, 0) is 5.56 Å². The summed E-state index contributed by atoms with van der Waals surface area (Å²) in [5, 5.41) is 0. The van der Waals surface area contributed by atoms with Crippen molar-refractivity contribution in [3.63, 3.8) is 0 Å². The van der Waals surface area contributed by atoms with Crippen molar-refractivity contribution in [1.82, 2.24) is 0 Å². The minimum absolute atomic E-state index is 0.00660. The Morgan fingerprint density at radius 1 is 1.19 bits per heavy atom. The first-order valence-corrected chi connectivity index (χ1v) is 6.94. The fourth-order valence-corrected chi connectivity index (χ4v) is 3.32. The fourth-order valence-electron chi connectivity index (χ4n) is 3.32. The van der Waals surface area contributed by atoms with Crippen molar-refractivity contribution in [3.8, 4) is 0 Å². The van der Waals surface area contributed by atoms with E-state index >= 15 is 0 Å². The maximum absolute atomic E-state index is 12.5. The first-order valence-electron chi connectivity index (χ1n) is 6.94. The highest BCUT2D eigenvalue weighted by Gasteiger charge is 2.62. The van der Waals surface area contributed by atoms with E-state index in [4.69, 9.17) is 9.47 Å². The van der Waals surface area contributed by atoms with E-state index in [0.29, 0.717) is 0 Å². The van der Waals surface area contributed by atoms with Crippen LogP contribution in [-0.2, 0) is 23.9 Å². The molecule has 1 aromatic carbocycles. The molecule has 0 unspecified atom stereocenters. The fraction of sp³-hybridized carbons (Fsp3) is 0.438. The normalized spacial score (nSPS) is 31.9. The highest BCUT2D eigenvalue weighted by atomic mass is 16.6. The molecule has 0 saturated carbocycles. The van der Waals surface area contributed by atoms with Gasteiger partial charge in [-0.2, -0.15) is 0 Å². The summed E-state index contributed by atoms with van der Waals surface area (Å²) in [6, 6.07) is 9.07. The number of benzene rings is 1. The largest absolute Gasteiger partial charge is 0.467 e. The molecule has 1 aromatic rings. The minimum atomic E-state index is -1.67. The summed E-state index contributed by atoms with van der Waals surface area (Å²) < 4.78 is 10.6. The molecule has 0 N–H and O–H groups in total. The maximum atomic E-state index is 12.5. The number of hydrogen-bond donors (Lipinski definition) is 0. The molecule has 5 heteroatoms. The van der Waals surface area contributed by atoms with Crippen LogP contribution in [0.4, 0.5) is 0 Å². The number of rotatable bonds is 2. The average molecular weight is 288 g/mol. The number of ether oxygens (including phenoxy) is 2. The van der Waals surface area contributed by atoms with Crippen LogP contribution in [0.2, 0.25) is 0 Å². The van der Waals surface area contributed by atoms with Gasteiger partial charge in [-0.15, -0.1) is 0 Å². The highest BCUT2D eigenvalue weighted by molar-refractivity contribution is 6.11. The molecule has 2 saturated heterocycles. The van der Waals surface area contributed by atoms with Crippen LogP contribution in [-0.4, -0.2) is 36.4 Å². The van der Waals surface area contributed by atoms with Crippen LogP contribution in [0.15, 0.2) is 30.3 Å². The molecule has 0 spiro atoms. The van der Waals surface area contributed by atoms with E-state index in [1.807, 2.05) is 18.2 Å². The second-order valence-corrected chi connectivity index (χ2v) is 5.50. The SMILES string of the molecule is COC(=O)[C@]12O[C@H](CC(=O)C[C@H]1c1ccccc1)CC2=O.